The largest absolute Gasteiger partial charge is 0.456 e. The van der Waals surface area contributed by atoms with Crippen molar-refractivity contribution in [1.82, 2.24) is 9.55 Å². The number of halogens is 2. The number of hydrogen-bond acceptors (Lipinski definition) is 5. The van der Waals surface area contributed by atoms with Gasteiger partial charge in [0.2, 0.25) is 0 Å². The molecule has 0 atom stereocenters. The normalized spacial score (nSPS) is 12.3. The lowest BCUT2D eigenvalue weighted by Gasteiger charge is -2.19. The van der Waals surface area contributed by atoms with E-state index >= 15 is 0 Å². The molecule has 0 aliphatic rings. The van der Waals surface area contributed by atoms with Gasteiger partial charge in [0, 0.05) is 5.56 Å². The first-order valence-electron chi connectivity index (χ1n) is 8.83. The number of carbonyl (C=O) groups is 1. The van der Waals surface area contributed by atoms with Gasteiger partial charge in [-0.3, -0.25) is 14.3 Å². The van der Waals surface area contributed by atoms with Gasteiger partial charge in [-0.2, -0.15) is 8.78 Å². The molecule has 0 saturated carbocycles. The first kappa shape index (κ1) is 20.9. The number of ether oxygens (including phenoxy) is 1. The minimum atomic E-state index is -3.43. The summed E-state index contributed by atoms with van der Waals surface area (Å²) in [5, 5.41) is 0.0271. The Labute approximate surface area is 168 Å². The quantitative estimate of drug-likeness (QED) is 0.649. The van der Waals surface area contributed by atoms with Gasteiger partial charge in [0.15, 0.2) is 0 Å². The molecule has 0 saturated heterocycles. The minimum absolute atomic E-state index is 0.0271. The van der Waals surface area contributed by atoms with E-state index in [1.807, 2.05) is 0 Å². The van der Waals surface area contributed by atoms with E-state index in [9.17, 15) is 23.2 Å². The van der Waals surface area contributed by atoms with Gasteiger partial charge >= 0.3 is 11.7 Å². The monoisotopic (exact) mass is 422 g/mol. The molecular formula is C20H20F2N2O4S. The molecule has 29 heavy (non-hydrogen) atoms. The molecule has 2 heterocycles. The van der Waals surface area contributed by atoms with Crippen LogP contribution in [0.3, 0.4) is 0 Å². The van der Waals surface area contributed by atoms with Crippen molar-refractivity contribution in [3.8, 4) is 0 Å². The lowest BCUT2D eigenvalue weighted by atomic mass is 10.1. The van der Waals surface area contributed by atoms with Crippen molar-refractivity contribution in [2.75, 3.05) is 0 Å². The van der Waals surface area contributed by atoms with Crippen LogP contribution in [0.15, 0.2) is 39.9 Å². The van der Waals surface area contributed by atoms with Crippen molar-refractivity contribution in [3.05, 3.63) is 67.2 Å². The Hall–Kier alpha value is -2.81. The lowest BCUT2D eigenvalue weighted by Crippen LogP contribution is -2.39. The predicted octanol–water partition coefficient (Wildman–Crippen LogP) is 3.81. The molecule has 3 aromatic rings. The Morgan fingerprint density at radius 3 is 2.38 bits per heavy atom. The highest BCUT2D eigenvalue weighted by molar-refractivity contribution is 7.20. The summed E-state index contributed by atoms with van der Waals surface area (Å²) in [5.41, 5.74) is -2.59. The average molecular weight is 422 g/mol. The van der Waals surface area contributed by atoms with Crippen molar-refractivity contribution in [1.29, 1.82) is 0 Å². The number of aromatic amines is 1. The number of H-pyrrole nitrogens is 1. The topological polar surface area (TPSA) is 81.2 Å². The van der Waals surface area contributed by atoms with Gasteiger partial charge < -0.3 is 4.74 Å². The van der Waals surface area contributed by atoms with E-state index in [0.717, 1.165) is 11.3 Å². The average Bonchev–Trinajstić information content (AvgIpc) is 2.94. The standard InChI is InChI=1S/C20H20F2N2O4S/c1-11-13-15(29-14(11)17(26)28-19(2,3)4)23-18(27)24(16(13)25)10-20(21,22)12-8-6-5-7-9-12/h5-9H,10H2,1-4H3,(H,23,27). The predicted molar refractivity (Wildman–Crippen MR) is 107 cm³/mol. The van der Waals surface area contributed by atoms with Crippen LogP contribution in [0.25, 0.3) is 10.2 Å². The molecule has 1 aromatic carbocycles. The summed E-state index contributed by atoms with van der Waals surface area (Å²) in [6.45, 7) is 5.52. The van der Waals surface area contributed by atoms with Crippen molar-refractivity contribution in [2.24, 2.45) is 0 Å². The third-order valence-electron chi connectivity index (χ3n) is 4.21. The number of nitrogens with zero attached hydrogens (tertiary/aromatic N) is 1. The van der Waals surface area contributed by atoms with Crippen LogP contribution in [-0.2, 0) is 17.2 Å². The molecule has 0 aliphatic heterocycles. The highest BCUT2D eigenvalue weighted by Gasteiger charge is 2.34. The molecule has 1 N–H and O–H groups in total. The Morgan fingerprint density at radius 1 is 1.17 bits per heavy atom. The van der Waals surface area contributed by atoms with Crippen LogP contribution < -0.4 is 11.2 Å². The smallest absolute Gasteiger partial charge is 0.349 e. The van der Waals surface area contributed by atoms with Crippen LogP contribution in [-0.4, -0.2) is 21.1 Å². The van der Waals surface area contributed by atoms with Crippen LogP contribution in [0, 0.1) is 6.92 Å². The first-order valence-corrected chi connectivity index (χ1v) is 9.65. The number of hydrogen-bond donors (Lipinski definition) is 1. The van der Waals surface area contributed by atoms with Crippen molar-refractivity contribution in [3.63, 3.8) is 0 Å². The zero-order valence-electron chi connectivity index (χ0n) is 16.3. The molecule has 0 unspecified atom stereocenters. The van der Waals surface area contributed by atoms with Gasteiger partial charge in [-0.25, -0.2) is 9.59 Å². The zero-order valence-corrected chi connectivity index (χ0v) is 17.2. The third kappa shape index (κ3) is 4.14. The highest BCUT2D eigenvalue weighted by Crippen LogP contribution is 2.30. The molecular weight excluding hydrogens is 402 g/mol. The summed E-state index contributed by atoms with van der Waals surface area (Å²) < 4.78 is 35.1. The summed E-state index contributed by atoms with van der Waals surface area (Å²) in [6.07, 6.45) is 0. The number of alkyl halides is 2. The number of aryl methyl sites for hydroxylation is 1. The van der Waals surface area contributed by atoms with E-state index in [1.165, 1.54) is 31.2 Å². The summed E-state index contributed by atoms with van der Waals surface area (Å²) in [4.78, 5) is 40.4. The summed E-state index contributed by atoms with van der Waals surface area (Å²) >= 11 is 0.893. The summed E-state index contributed by atoms with van der Waals surface area (Å²) in [6, 6.07) is 6.96. The number of fused-ring (bicyclic) bond motifs is 1. The van der Waals surface area contributed by atoms with E-state index in [1.54, 1.807) is 26.8 Å². The zero-order chi connectivity index (χ0) is 21.6. The van der Waals surface area contributed by atoms with Crippen molar-refractivity contribution < 1.29 is 18.3 Å². The maximum atomic E-state index is 14.6. The second-order valence-electron chi connectivity index (χ2n) is 7.65. The van der Waals surface area contributed by atoms with Gasteiger partial charge in [-0.1, -0.05) is 30.3 Å². The fourth-order valence-corrected chi connectivity index (χ4v) is 3.95. The number of benzene rings is 1. The highest BCUT2D eigenvalue weighted by atomic mass is 32.1. The fraction of sp³-hybridized carbons (Fsp3) is 0.350. The maximum Gasteiger partial charge on any atom is 0.349 e. The van der Waals surface area contributed by atoms with E-state index in [4.69, 9.17) is 4.74 Å². The lowest BCUT2D eigenvalue weighted by molar-refractivity contribution is -0.0241. The molecule has 2 aromatic heterocycles. The number of nitrogens with one attached hydrogen (secondary N) is 1. The van der Waals surface area contributed by atoms with Gasteiger partial charge in [0.05, 0.1) is 11.9 Å². The van der Waals surface area contributed by atoms with Crippen LogP contribution in [0.1, 0.15) is 41.6 Å². The third-order valence-corrected chi connectivity index (χ3v) is 5.40. The Kier molecular flexibility index (Phi) is 5.20. The molecule has 0 radical (unpaired) electrons. The second-order valence-corrected chi connectivity index (χ2v) is 8.67. The van der Waals surface area contributed by atoms with E-state index in [2.05, 4.69) is 4.98 Å². The minimum Gasteiger partial charge on any atom is -0.456 e. The SMILES string of the molecule is Cc1c(C(=O)OC(C)(C)C)sc2[nH]c(=O)n(CC(F)(F)c3ccccc3)c(=O)c12. The Balaban J connectivity index is 2.10. The molecule has 9 heteroatoms. The summed E-state index contributed by atoms with van der Waals surface area (Å²) in [5.74, 6) is -4.07. The van der Waals surface area contributed by atoms with Crippen LogP contribution in [0.2, 0.25) is 0 Å². The van der Waals surface area contributed by atoms with Crippen LogP contribution in [0.5, 0.6) is 0 Å². The number of thiophene rings is 1. The van der Waals surface area contributed by atoms with Gasteiger partial charge in [-0.15, -0.1) is 11.3 Å². The maximum absolute atomic E-state index is 14.6. The number of esters is 1. The second kappa shape index (κ2) is 7.22. The van der Waals surface area contributed by atoms with E-state index in [0.29, 0.717) is 4.57 Å². The molecule has 0 amide bonds. The fourth-order valence-electron chi connectivity index (χ4n) is 2.89. The number of carbonyl (C=O) groups excluding carboxylic acids is 1. The summed E-state index contributed by atoms with van der Waals surface area (Å²) in [7, 11) is 0. The Bertz CT molecular complexity index is 1190. The number of rotatable bonds is 4. The van der Waals surface area contributed by atoms with Crippen molar-refractivity contribution >= 4 is 27.5 Å². The molecule has 0 spiro atoms. The molecule has 3 rings (SSSR count). The van der Waals surface area contributed by atoms with Gasteiger partial charge in [0.25, 0.3) is 11.5 Å². The van der Waals surface area contributed by atoms with Gasteiger partial charge in [0.1, 0.15) is 15.3 Å². The molecule has 0 fully saturated rings. The van der Waals surface area contributed by atoms with Crippen LogP contribution in [0.4, 0.5) is 8.78 Å². The first-order chi connectivity index (χ1) is 13.4. The van der Waals surface area contributed by atoms with E-state index in [-0.39, 0.29) is 26.2 Å². The van der Waals surface area contributed by atoms with Crippen molar-refractivity contribution in [2.45, 2.75) is 45.8 Å². The molecule has 154 valence electrons. The van der Waals surface area contributed by atoms with Gasteiger partial charge in [-0.05, 0) is 33.3 Å². The molecule has 6 nitrogen and oxygen atoms in total. The number of aromatic nitrogens is 2. The van der Waals surface area contributed by atoms with Crippen LogP contribution >= 0.6 is 11.3 Å². The Morgan fingerprint density at radius 2 is 1.79 bits per heavy atom. The molecule has 0 bridgehead atoms. The molecule has 0 aliphatic carbocycles. The van der Waals surface area contributed by atoms with E-state index < -0.39 is 35.3 Å².